The first-order chi connectivity index (χ1) is 16.4. The summed E-state index contributed by atoms with van der Waals surface area (Å²) in [7, 11) is 1.65. The molecule has 34 heavy (non-hydrogen) atoms. The molecule has 1 saturated carbocycles. The molecule has 0 spiro atoms. The Balaban J connectivity index is 1.60. The fourth-order valence-electron chi connectivity index (χ4n) is 4.32. The van der Waals surface area contributed by atoms with Crippen LogP contribution in [-0.4, -0.2) is 51.4 Å². The lowest BCUT2D eigenvalue weighted by Gasteiger charge is -2.37. The van der Waals surface area contributed by atoms with E-state index in [1.54, 1.807) is 29.8 Å². The third-order valence-corrected chi connectivity index (χ3v) is 6.40. The van der Waals surface area contributed by atoms with Gasteiger partial charge >= 0.3 is 0 Å². The molecule has 12 nitrogen and oxygen atoms in total. The predicted molar refractivity (Wildman–Crippen MR) is 126 cm³/mol. The minimum absolute atomic E-state index is 0.0881. The molecule has 1 aliphatic rings. The summed E-state index contributed by atoms with van der Waals surface area (Å²) in [5, 5.41) is 25.6. The predicted octanol–water partition coefficient (Wildman–Crippen LogP) is 1.73. The zero-order valence-corrected chi connectivity index (χ0v) is 19.3. The zero-order chi connectivity index (χ0) is 24.0. The van der Waals surface area contributed by atoms with E-state index >= 15 is 0 Å². The fraction of sp³-hybridized carbons (Fsp3) is 0.381. The molecule has 0 amide bonds. The van der Waals surface area contributed by atoms with Crippen LogP contribution in [-0.2, 0) is 7.05 Å². The van der Waals surface area contributed by atoms with Gasteiger partial charge in [0.15, 0.2) is 0 Å². The number of benzene rings is 1. The molecule has 0 radical (unpaired) electrons. The van der Waals surface area contributed by atoms with Crippen molar-refractivity contribution in [3.05, 3.63) is 45.7 Å². The van der Waals surface area contributed by atoms with Crippen LogP contribution in [0.25, 0.3) is 22.3 Å². The molecule has 3 heterocycles. The molecule has 0 saturated heterocycles. The summed E-state index contributed by atoms with van der Waals surface area (Å²) in [6.07, 6.45) is 2.70. The van der Waals surface area contributed by atoms with E-state index in [4.69, 9.17) is 22.3 Å². The van der Waals surface area contributed by atoms with Gasteiger partial charge in [-0.3, -0.25) is 9.36 Å². The lowest BCUT2D eigenvalue weighted by molar-refractivity contribution is 0.108. The number of rotatable bonds is 6. The first kappa shape index (κ1) is 22.2. The van der Waals surface area contributed by atoms with Gasteiger partial charge in [0.05, 0.1) is 29.0 Å². The average Bonchev–Trinajstić information content (AvgIpc) is 3.20. The van der Waals surface area contributed by atoms with Gasteiger partial charge in [-0.25, -0.2) is 15.0 Å². The minimum Gasteiger partial charge on any atom is -0.396 e. The Hall–Kier alpha value is -3.64. The summed E-state index contributed by atoms with van der Waals surface area (Å²) >= 11 is 6.36. The number of aliphatic hydroxyl groups is 1. The molecule has 0 unspecified atom stereocenters. The Bertz CT molecular complexity index is 1430. The SMILES string of the molecule is C[C@H](Nc1ncnc(N)c1-c1nnn(C)n1)c1nc2cccc(Cl)c2c(=O)n1C1CC(CO)C1. The second-order valence-electron chi connectivity index (χ2n) is 8.40. The van der Waals surface area contributed by atoms with Crippen molar-refractivity contribution in [1.29, 1.82) is 0 Å². The van der Waals surface area contributed by atoms with Crippen molar-refractivity contribution in [2.45, 2.75) is 31.8 Å². The normalized spacial score (nSPS) is 18.6. The molecule has 1 atom stereocenters. The molecular weight excluding hydrogens is 460 g/mol. The lowest BCUT2D eigenvalue weighted by Crippen LogP contribution is -2.39. The van der Waals surface area contributed by atoms with Gasteiger partial charge in [-0.05, 0) is 43.0 Å². The van der Waals surface area contributed by atoms with Gasteiger partial charge < -0.3 is 16.2 Å². The van der Waals surface area contributed by atoms with E-state index < -0.39 is 6.04 Å². The van der Waals surface area contributed by atoms with Gasteiger partial charge in [-0.15, -0.1) is 10.2 Å². The maximum Gasteiger partial charge on any atom is 0.263 e. The largest absolute Gasteiger partial charge is 0.396 e. The van der Waals surface area contributed by atoms with E-state index in [0.29, 0.717) is 46.0 Å². The quantitative estimate of drug-likeness (QED) is 0.368. The molecule has 1 aromatic carbocycles. The van der Waals surface area contributed by atoms with Gasteiger partial charge in [-0.2, -0.15) is 4.80 Å². The Morgan fingerprint density at radius 3 is 2.82 bits per heavy atom. The number of halogens is 1. The maximum atomic E-state index is 13.6. The number of nitrogens with zero attached hydrogens (tertiary/aromatic N) is 8. The number of fused-ring (bicyclic) bond motifs is 1. The summed E-state index contributed by atoms with van der Waals surface area (Å²) in [6.45, 7) is 1.97. The van der Waals surface area contributed by atoms with Crippen molar-refractivity contribution in [2.24, 2.45) is 13.0 Å². The second kappa shape index (κ2) is 8.61. The number of aromatic nitrogens is 8. The molecule has 13 heteroatoms. The van der Waals surface area contributed by atoms with Crippen molar-refractivity contribution in [1.82, 2.24) is 39.7 Å². The average molecular weight is 483 g/mol. The number of aryl methyl sites for hydroxylation is 1. The van der Waals surface area contributed by atoms with Crippen LogP contribution in [0.3, 0.4) is 0 Å². The highest BCUT2D eigenvalue weighted by Crippen LogP contribution is 2.39. The third kappa shape index (κ3) is 3.74. The monoisotopic (exact) mass is 482 g/mol. The number of hydrogen-bond donors (Lipinski definition) is 3. The Morgan fingerprint density at radius 1 is 1.32 bits per heavy atom. The summed E-state index contributed by atoms with van der Waals surface area (Å²) in [5.41, 5.74) is 6.82. The number of aliphatic hydroxyl groups excluding tert-OH is 1. The lowest BCUT2D eigenvalue weighted by atomic mass is 9.80. The Kier molecular flexibility index (Phi) is 5.62. The molecule has 5 rings (SSSR count). The molecule has 0 bridgehead atoms. The van der Waals surface area contributed by atoms with E-state index in [0.717, 1.165) is 0 Å². The number of hydrogen-bond acceptors (Lipinski definition) is 10. The first-order valence-corrected chi connectivity index (χ1v) is 11.2. The number of anilines is 2. The molecule has 1 aliphatic carbocycles. The van der Waals surface area contributed by atoms with Crippen molar-refractivity contribution in [3.8, 4) is 11.4 Å². The summed E-state index contributed by atoms with van der Waals surface area (Å²) in [6, 6.07) is 4.66. The van der Waals surface area contributed by atoms with Crippen LogP contribution < -0.4 is 16.6 Å². The van der Waals surface area contributed by atoms with Crippen molar-refractivity contribution < 1.29 is 5.11 Å². The van der Waals surface area contributed by atoms with Crippen LogP contribution >= 0.6 is 11.6 Å². The van der Waals surface area contributed by atoms with Crippen LogP contribution in [0.2, 0.25) is 5.02 Å². The number of nitrogen functional groups attached to an aromatic ring is 1. The highest BCUT2D eigenvalue weighted by Gasteiger charge is 2.34. The standard InChI is InChI=1S/C21H23ClN10O2/c1-10(26-18-16(17(23)24-9-25-18)19-28-30-31(2)29-19)20-27-14-5-3-4-13(22)15(14)21(34)32(20)12-6-11(7-12)8-33/h3-5,9-12,33H,6-8H2,1-2H3,(H3,23,24,25,26)/t10-,11?,12?/m0/s1. The number of tetrazole rings is 1. The number of nitrogens with two attached hydrogens (primary N) is 1. The topological polar surface area (TPSA) is 163 Å². The van der Waals surface area contributed by atoms with Crippen LogP contribution in [0, 0.1) is 5.92 Å². The molecule has 0 aliphatic heterocycles. The maximum absolute atomic E-state index is 13.6. The molecule has 4 N–H and O–H groups in total. The van der Waals surface area contributed by atoms with E-state index in [-0.39, 0.29) is 35.8 Å². The third-order valence-electron chi connectivity index (χ3n) is 6.09. The van der Waals surface area contributed by atoms with E-state index in [9.17, 15) is 9.90 Å². The fourth-order valence-corrected chi connectivity index (χ4v) is 4.57. The van der Waals surface area contributed by atoms with E-state index in [1.807, 2.05) is 6.92 Å². The van der Waals surface area contributed by atoms with E-state index in [1.165, 1.54) is 11.1 Å². The first-order valence-electron chi connectivity index (χ1n) is 10.8. The second-order valence-corrected chi connectivity index (χ2v) is 8.81. The molecule has 1 fully saturated rings. The molecular formula is C21H23ClN10O2. The summed E-state index contributed by atoms with van der Waals surface area (Å²) in [4.78, 5) is 28.1. The highest BCUT2D eigenvalue weighted by molar-refractivity contribution is 6.35. The van der Waals surface area contributed by atoms with Crippen LogP contribution in [0.15, 0.2) is 29.3 Å². The summed E-state index contributed by atoms with van der Waals surface area (Å²) in [5.74, 6) is 1.54. The van der Waals surface area contributed by atoms with Gasteiger partial charge in [0, 0.05) is 12.6 Å². The van der Waals surface area contributed by atoms with Gasteiger partial charge in [0.25, 0.3) is 5.56 Å². The van der Waals surface area contributed by atoms with Crippen LogP contribution in [0.5, 0.6) is 0 Å². The van der Waals surface area contributed by atoms with Crippen molar-refractivity contribution in [3.63, 3.8) is 0 Å². The Morgan fingerprint density at radius 2 is 2.12 bits per heavy atom. The summed E-state index contributed by atoms with van der Waals surface area (Å²) < 4.78 is 1.68. The Labute approximate surface area is 198 Å². The highest BCUT2D eigenvalue weighted by atomic mass is 35.5. The molecule has 4 aromatic rings. The van der Waals surface area contributed by atoms with Crippen molar-refractivity contribution >= 4 is 34.1 Å². The van der Waals surface area contributed by atoms with Gasteiger partial charge in [0.2, 0.25) is 5.82 Å². The number of nitrogens with one attached hydrogen (secondary N) is 1. The zero-order valence-electron chi connectivity index (χ0n) is 18.6. The van der Waals surface area contributed by atoms with E-state index in [2.05, 4.69) is 30.7 Å². The molecule has 176 valence electrons. The smallest absolute Gasteiger partial charge is 0.263 e. The van der Waals surface area contributed by atoms with Gasteiger partial charge in [-0.1, -0.05) is 17.7 Å². The van der Waals surface area contributed by atoms with Gasteiger partial charge in [0.1, 0.15) is 29.4 Å². The molecule has 3 aromatic heterocycles. The minimum atomic E-state index is -0.450. The van der Waals surface area contributed by atoms with Crippen molar-refractivity contribution in [2.75, 3.05) is 17.7 Å². The van der Waals surface area contributed by atoms with Crippen LogP contribution in [0.1, 0.15) is 37.7 Å². The van der Waals surface area contributed by atoms with Crippen LogP contribution in [0.4, 0.5) is 11.6 Å².